The SMILES string of the molecule is CC(C)C[C@H]1C=CC(=O)N1C(=O)OC(C)(C)C. The van der Waals surface area contributed by atoms with Crippen molar-refractivity contribution in [2.45, 2.75) is 52.7 Å². The third-order valence-corrected chi connectivity index (χ3v) is 2.33. The molecule has 0 saturated heterocycles. The molecule has 0 aromatic carbocycles. The topological polar surface area (TPSA) is 46.6 Å². The number of hydrogen-bond donors (Lipinski definition) is 0. The van der Waals surface area contributed by atoms with Gasteiger partial charge in [0, 0.05) is 6.08 Å². The summed E-state index contributed by atoms with van der Waals surface area (Å²) in [6, 6.07) is -0.169. The van der Waals surface area contributed by atoms with Crippen molar-refractivity contribution < 1.29 is 14.3 Å². The lowest BCUT2D eigenvalue weighted by Crippen LogP contribution is -2.43. The van der Waals surface area contributed by atoms with E-state index in [1.165, 1.54) is 11.0 Å². The van der Waals surface area contributed by atoms with Crippen molar-refractivity contribution in [1.82, 2.24) is 4.90 Å². The van der Waals surface area contributed by atoms with Crippen molar-refractivity contribution in [3.05, 3.63) is 12.2 Å². The van der Waals surface area contributed by atoms with Crippen molar-refractivity contribution in [1.29, 1.82) is 0 Å². The number of hydrogen-bond acceptors (Lipinski definition) is 3. The molecule has 0 N–H and O–H groups in total. The van der Waals surface area contributed by atoms with E-state index in [0.717, 1.165) is 6.42 Å². The zero-order valence-electron chi connectivity index (χ0n) is 11.2. The molecule has 1 heterocycles. The van der Waals surface area contributed by atoms with Gasteiger partial charge in [-0.15, -0.1) is 0 Å². The Labute approximate surface area is 103 Å². The molecule has 0 bridgehead atoms. The standard InChI is InChI=1S/C13H21NO3/c1-9(2)8-10-6-7-11(15)14(10)12(16)17-13(3,4)5/h6-7,9-10H,8H2,1-5H3/t10-/m1/s1. The smallest absolute Gasteiger partial charge is 0.417 e. The van der Waals surface area contributed by atoms with E-state index in [9.17, 15) is 9.59 Å². The quantitative estimate of drug-likeness (QED) is 0.744. The minimum atomic E-state index is -0.581. The average molecular weight is 239 g/mol. The number of carbonyl (C=O) groups excluding carboxylic acids is 2. The third-order valence-electron chi connectivity index (χ3n) is 2.33. The summed E-state index contributed by atoms with van der Waals surface area (Å²) in [6.07, 6.45) is 3.42. The van der Waals surface area contributed by atoms with E-state index < -0.39 is 11.7 Å². The van der Waals surface area contributed by atoms with Crippen LogP contribution in [0, 0.1) is 5.92 Å². The van der Waals surface area contributed by atoms with Gasteiger partial charge in [0.15, 0.2) is 0 Å². The summed E-state index contributed by atoms with van der Waals surface area (Å²) in [5.41, 5.74) is -0.581. The first-order valence-electron chi connectivity index (χ1n) is 5.95. The van der Waals surface area contributed by atoms with Crippen LogP contribution in [0.25, 0.3) is 0 Å². The molecule has 0 radical (unpaired) electrons. The maximum absolute atomic E-state index is 11.9. The summed E-state index contributed by atoms with van der Waals surface area (Å²) in [7, 11) is 0. The van der Waals surface area contributed by atoms with Crippen LogP contribution in [-0.4, -0.2) is 28.5 Å². The maximum atomic E-state index is 11.9. The zero-order valence-corrected chi connectivity index (χ0v) is 11.2. The van der Waals surface area contributed by atoms with Crippen LogP contribution < -0.4 is 0 Å². The molecule has 0 spiro atoms. The van der Waals surface area contributed by atoms with Gasteiger partial charge in [0.1, 0.15) is 5.60 Å². The molecule has 0 aromatic heterocycles. The lowest BCUT2D eigenvalue weighted by Gasteiger charge is -2.27. The summed E-state index contributed by atoms with van der Waals surface area (Å²) < 4.78 is 5.23. The van der Waals surface area contributed by atoms with Crippen molar-refractivity contribution in [2.75, 3.05) is 0 Å². The van der Waals surface area contributed by atoms with E-state index in [1.807, 2.05) is 0 Å². The van der Waals surface area contributed by atoms with Gasteiger partial charge in [-0.25, -0.2) is 9.69 Å². The van der Waals surface area contributed by atoms with E-state index in [2.05, 4.69) is 13.8 Å². The molecule has 2 amide bonds. The van der Waals surface area contributed by atoms with Gasteiger partial charge >= 0.3 is 6.09 Å². The molecular formula is C13H21NO3. The predicted molar refractivity (Wildman–Crippen MR) is 65.5 cm³/mol. The first-order valence-corrected chi connectivity index (χ1v) is 5.95. The van der Waals surface area contributed by atoms with Gasteiger partial charge in [-0.1, -0.05) is 19.9 Å². The van der Waals surface area contributed by atoms with Crippen molar-refractivity contribution >= 4 is 12.0 Å². The normalized spacial score (nSPS) is 20.2. The minimum absolute atomic E-state index is 0.169. The van der Waals surface area contributed by atoms with Gasteiger partial charge in [0.05, 0.1) is 6.04 Å². The fourth-order valence-corrected chi connectivity index (χ4v) is 1.73. The summed E-state index contributed by atoms with van der Waals surface area (Å²) in [5, 5.41) is 0. The molecule has 4 heteroatoms. The number of rotatable bonds is 2. The molecule has 0 unspecified atom stereocenters. The van der Waals surface area contributed by atoms with E-state index in [-0.39, 0.29) is 11.9 Å². The van der Waals surface area contributed by atoms with E-state index in [0.29, 0.717) is 5.92 Å². The van der Waals surface area contributed by atoms with Crippen molar-refractivity contribution in [3.8, 4) is 0 Å². The van der Waals surface area contributed by atoms with E-state index in [1.54, 1.807) is 26.8 Å². The highest BCUT2D eigenvalue weighted by Crippen LogP contribution is 2.21. The molecule has 1 aliphatic heterocycles. The Hall–Kier alpha value is -1.32. The summed E-state index contributed by atoms with van der Waals surface area (Å²) >= 11 is 0. The molecule has 0 aromatic rings. The molecule has 1 atom stereocenters. The monoisotopic (exact) mass is 239 g/mol. The number of imide groups is 1. The fourth-order valence-electron chi connectivity index (χ4n) is 1.73. The van der Waals surface area contributed by atoms with Crippen molar-refractivity contribution in [3.63, 3.8) is 0 Å². The molecule has 1 aliphatic rings. The minimum Gasteiger partial charge on any atom is -0.443 e. The van der Waals surface area contributed by atoms with Gasteiger partial charge in [0.2, 0.25) is 0 Å². The number of amides is 2. The zero-order chi connectivity index (χ0) is 13.2. The van der Waals surface area contributed by atoms with Gasteiger partial charge in [-0.3, -0.25) is 4.79 Å². The van der Waals surface area contributed by atoms with Gasteiger partial charge in [-0.05, 0) is 33.1 Å². The largest absolute Gasteiger partial charge is 0.443 e. The second-order valence-corrected chi connectivity index (χ2v) is 5.74. The van der Waals surface area contributed by atoms with Gasteiger partial charge in [0.25, 0.3) is 5.91 Å². The van der Waals surface area contributed by atoms with Crippen molar-refractivity contribution in [2.24, 2.45) is 5.92 Å². The average Bonchev–Trinajstić information content (AvgIpc) is 2.42. The Morgan fingerprint density at radius 2 is 2.06 bits per heavy atom. The number of carbonyl (C=O) groups is 2. The molecule has 0 aliphatic carbocycles. The van der Waals surface area contributed by atoms with Crippen LogP contribution in [-0.2, 0) is 9.53 Å². The van der Waals surface area contributed by atoms with Crippen LogP contribution in [0.2, 0.25) is 0 Å². The summed E-state index contributed by atoms with van der Waals surface area (Å²) in [6.45, 7) is 9.48. The molecule has 0 fully saturated rings. The molecular weight excluding hydrogens is 218 g/mol. The van der Waals surface area contributed by atoms with E-state index >= 15 is 0 Å². The fraction of sp³-hybridized carbons (Fsp3) is 0.692. The second kappa shape index (κ2) is 4.90. The third kappa shape index (κ3) is 3.88. The Kier molecular flexibility index (Phi) is 3.96. The van der Waals surface area contributed by atoms with Crippen LogP contribution >= 0.6 is 0 Å². The summed E-state index contributed by atoms with van der Waals surface area (Å²) in [5.74, 6) is 0.130. The molecule has 4 nitrogen and oxygen atoms in total. The highest BCUT2D eigenvalue weighted by atomic mass is 16.6. The van der Waals surface area contributed by atoms with Crippen LogP contribution in [0.4, 0.5) is 4.79 Å². The molecule has 17 heavy (non-hydrogen) atoms. The Bertz CT molecular complexity index is 339. The maximum Gasteiger partial charge on any atom is 0.417 e. The number of nitrogens with zero attached hydrogens (tertiary/aromatic N) is 1. The molecule has 1 rings (SSSR count). The van der Waals surface area contributed by atoms with Crippen LogP contribution in [0.15, 0.2) is 12.2 Å². The Morgan fingerprint density at radius 1 is 1.47 bits per heavy atom. The number of ether oxygens (including phenoxy) is 1. The van der Waals surface area contributed by atoms with Crippen LogP contribution in [0.5, 0.6) is 0 Å². The first kappa shape index (κ1) is 13.7. The van der Waals surface area contributed by atoms with Gasteiger partial charge < -0.3 is 4.74 Å². The van der Waals surface area contributed by atoms with E-state index in [4.69, 9.17) is 4.74 Å². The van der Waals surface area contributed by atoms with Crippen LogP contribution in [0.3, 0.4) is 0 Å². The van der Waals surface area contributed by atoms with Crippen LogP contribution in [0.1, 0.15) is 41.0 Å². The Morgan fingerprint density at radius 3 is 2.53 bits per heavy atom. The highest BCUT2D eigenvalue weighted by Gasteiger charge is 2.34. The summed E-state index contributed by atoms with van der Waals surface area (Å²) in [4.78, 5) is 24.7. The lowest BCUT2D eigenvalue weighted by molar-refractivity contribution is -0.125. The van der Waals surface area contributed by atoms with Gasteiger partial charge in [-0.2, -0.15) is 0 Å². The first-order chi connectivity index (χ1) is 7.70. The molecule has 96 valence electrons. The highest BCUT2D eigenvalue weighted by molar-refractivity contribution is 6.01. The predicted octanol–water partition coefficient (Wildman–Crippen LogP) is 2.73. The lowest BCUT2D eigenvalue weighted by atomic mass is 10.0. The Balaban J connectivity index is 2.73. The second-order valence-electron chi connectivity index (χ2n) is 5.74. The molecule has 0 saturated carbocycles.